The predicted octanol–water partition coefficient (Wildman–Crippen LogP) is 0.481. The maximum Gasteiger partial charge on any atom is 1.00 e. The monoisotopic (exact) mass is 335 g/mol. The Morgan fingerprint density at radius 3 is 2.18 bits per heavy atom. The van der Waals surface area contributed by atoms with Crippen LogP contribution in [0.15, 0.2) is 12.2 Å². The molecule has 0 atom stereocenters. The standard InChI is InChI=1S/C7H8NO2.Au/c1-2-5-8-6(9)3-4-7(8)10;/h3-5H,2H2,1H3;/q-1;+1. The number of imide groups is 1. The van der Waals surface area contributed by atoms with E-state index >= 15 is 0 Å². The van der Waals surface area contributed by atoms with Crippen molar-refractivity contribution in [3.05, 3.63) is 18.7 Å². The zero-order valence-electron chi connectivity index (χ0n) is 6.00. The summed E-state index contributed by atoms with van der Waals surface area (Å²) in [5.74, 6) is -0.487. The summed E-state index contributed by atoms with van der Waals surface area (Å²) < 4.78 is 0. The van der Waals surface area contributed by atoms with Gasteiger partial charge in [-0.3, -0.25) is 9.59 Å². The van der Waals surface area contributed by atoms with Gasteiger partial charge in [0.15, 0.2) is 0 Å². The summed E-state index contributed by atoms with van der Waals surface area (Å²) in [6.07, 6.45) is 3.24. The Balaban J connectivity index is 0.000001000. The van der Waals surface area contributed by atoms with Gasteiger partial charge in [-0.05, 0) is 0 Å². The summed E-state index contributed by atoms with van der Waals surface area (Å²) >= 11 is 0. The van der Waals surface area contributed by atoms with Crippen molar-refractivity contribution in [3.63, 3.8) is 0 Å². The first-order valence-electron chi connectivity index (χ1n) is 3.14. The van der Waals surface area contributed by atoms with Gasteiger partial charge in [0, 0.05) is 12.2 Å². The Labute approximate surface area is 80.9 Å². The quantitative estimate of drug-likeness (QED) is 0.418. The molecule has 0 N–H and O–H groups in total. The van der Waals surface area contributed by atoms with Gasteiger partial charge in [-0.2, -0.15) is 6.42 Å². The second kappa shape index (κ2) is 4.49. The van der Waals surface area contributed by atoms with Crippen molar-refractivity contribution in [2.45, 2.75) is 13.3 Å². The molecule has 2 amide bonds. The summed E-state index contributed by atoms with van der Waals surface area (Å²) in [7, 11) is 0. The molecule has 3 nitrogen and oxygen atoms in total. The van der Waals surface area contributed by atoms with E-state index in [4.69, 9.17) is 0 Å². The van der Waals surface area contributed by atoms with Gasteiger partial charge in [0.2, 0.25) is 11.8 Å². The number of hydrogen-bond acceptors (Lipinski definition) is 2. The molecule has 1 aliphatic heterocycles. The van der Waals surface area contributed by atoms with Crippen molar-refractivity contribution in [1.29, 1.82) is 0 Å². The van der Waals surface area contributed by atoms with E-state index in [1.54, 1.807) is 6.54 Å². The van der Waals surface area contributed by atoms with E-state index in [-0.39, 0.29) is 34.2 Å². The predicted molar refractivity (Wildman–Crippen MR) is 35.6 cm³/mol. The molecule has 0 aromatic heterocycles. The molecule has 0 radical (unpaired) electrons. The third-order valence-electron chi connectivity index (χ3n) is 1.21. The van der Waals surface area contributed by atoms with Gasteiger partial charge in [-0.25, -0.2) is 6.54 Å². The SMILES string of the molecule is CC[CH-]N1C(=O)C=CC1=O.[Au+]. The fourth-order valence-electron chi connectivity index (χ4n) is 0.774. The van der Waals surface area contributed by atoms with Crippen LogP contribution >= 0.6 is 0 Å². The molecular weight excluding hydrogens is 327 g/mol. The Kier molecular flexibility index (Phi) is 4.33. The minimum Gasteiger partial charge on any atom is -0.428 e. The van der Waals surface area contributed by atoms with Crippen LogP contribution in [0.2, 0.25) is 0 Å². The van der Waals surface area contributed by atoms with Crippen molar-refractivity contribution < 1.29 is 32.0 Å². The maximum absolute atomic E-state index is 10.8. The van der Waals surface area contributed by atoms with E-state index in [0.29, 0.717) is 6.42 Å². The number of carbonyl (C=O) groups excluding carboxylic acids is 2. The first kappa shape index (κ1) is 10.6. The van der Waals surface area contributed by atoms with Gasteiger partial charge in [0.1, 0.15) is 0 Å². The largest absolute Gasteiger partial charge is 1.00 e. The van der Waals surface area contributed by atoms with Crippen LogP contribution in [0.4, 0.5) is 0 Å². The van der Waals surface area contributed by atoms with Crippen LogP contribution in [0.3, 0.4) is 0 Å². The Morgan fingerprint density at radius 1 is 1.36 bits per heavy atom. The average Bonchev–Trinajstić information content (AvgIpc) is 2.20. The van der Waals surface area contributed by atoms with Crippen molar-refractivity contribution >= 4 is 11.8 Å². The number of amides is 2. The molecule has 0 aromatic rings. The summed E-state index contributed by atoms with van der Waals surface area (Å²) in [5, 5.41) is 0. The Hall–Kier alpha value is -0.380. The van der Waals surface area contributed by atoms with Crippen molar-refractivity contribution in [1.82, 2.24) is 4.90 Å². The van der Waals surface area contributed by atoms with Gasteiger partial charge in [0.25, 0.3) is 0 Å². The summed E-state index contributed by atoms with van der Waals surface area (Å²) in [6, 6.07) is 0. The minimum atomic E-state index is -0.244. The zero-order valence-corrected chi connectivity index (χ0v) is 8.17. The van der Waals surface area contributed by atoms with Crippen LogP contribution in [-0.4, -0.2) is 16.7 Å². The fraction of sp³-hybridized carbons (Fsp3) is 0.286. The van der Waals surface area contributed by atoms with E-state index in [1.165, 1.54) is 12.2 Å². The van der Waals surface area contributed by atoms with E-state index in [0.717, 1.165) is 4.90 Å². The minimum absolute atomic E-state index is 0. The molecule has 0 aromatic carbocycles. The molecule has 0 unspecified atom stereocenters. The molecule has 0 spiro atoms. The second-order valence-corrected chi connectivity index (χ2v) is 1.97. The molecule has 0 saturated heterocycles. The van der Waals surface area contributed by atoms with Crippen LogP contribution in [0.1, 0.15) is 13.3 Å². The molecule has 0 saturated carbocycles. The molecule has 1 aliphatic rings. The number of carbonyl (C=O) groups is 2. The first-order chi connectivity index (χ1) is 4.75. The van der Waals surface area contributed by atoms with E-state index in [1.807, 2.05) is 6.92 Å². The van der Waals surface area contributed by atoms with Crippen LogP contribution in [0, 0.1) is 6.54 Å². The molecule has 64 valence electrons. The van der Waals surface area contributed by atoms with E-state index in [2.05, 4.69) is 0 Å². The number of rotatable bonds is 2. The topological polar surface area (TPSA) is 37.4 Å². The van der Waals surface area contributed by atoms with Gasteiger partial charge in [-0.15, -0.1) is 0 Å². The van der Waals surface area contributed by atoms with Crippen molar-refractivity contribution in [2.24, 2.45) is 0 Å². The molecule has 1 rings (SSSR count). The van der Waals surface area contributed by atoms with Gasteiger partial charge >= 0.3 is 22.4 Å². The van der Waals surface area contributed by atoms with E-state index < -0.39 is 0 Å². The van der Waals surface area contributed by atoms with Gasteiger partial charge in [0.05, 0.1) is 0 Å². The molecule has 11 heavy (non-hydrogen) atoms. The molecular formula is C7H8AuNO2. The third kappa shape index (κ3) is 2.29. The van der Waals surface area contributed by atoms with Crippen LogP contribution in [0.5, 0.6) is 0 Å². The van der Waals surface area contributed by atoms with Crippen LogP contribution < -0.4 is 0 Å². The molecule has 0 fully saturated rings. The second-order valence-electron chi connectivity index (χ2n) is 1.97. The molecule has 0 bridgehead atoms. The molecule has 1 heterocycles. The third-order valence-corrected chi connectivity index (χ3v) is 1.21. The van der Waals surface area contributed by atoms with E-state index in [9.17, 15) is 9.59 Å². The maximum atomic E-state index is 10.8. The van der Waals surface area contributed by atoms with Crippen molar-refractivity contribution in [3.8, 4) is 0 Å². The van der Waals surface area contributed by atoms with Gasteiger partial charge < -0.3 is 4.90 Å². The zero-order chi connectivity index (χ0) is 7.56. The molecule has 0 aliphatic carbocycles. The number of hydrogen-bond donors (Lipinski definition) is 0. The molecule has 4 heteroatoms. The number of nitrogens with zero attached hydrogens (tertiary/aromatic N) is 1. The van der Waals surface area contributed by atoms with Crippen molar-refractivity contribution in [2.75, 3.05) is 0 Å². The fourth-order valence-corrected chi connectivity index (χ4v) is 0.774. The van der Waals surface area contributed by atoms with Crippen LogP contribution in [0.25, 0.3) is 0 Å². The summed E-state index contributed by atoms with van der Waals surface area (Å²) in [4.78, 5) is 22.6. The first-order valence-corrected chi connectivity index (χ1v) is 3.14. The average molecular weight is 335 g/mol. The normalized spacial score (nSPS) is 15.5. The van der Waals surface area contributed by atoms with Crippen LogP contribution in [-0.2, 0) is 32.0 Å². The Morgan fingerprint density at radius 2 is 1.82 bits per heavy atom. The Bertz CT molecular complexity index is 183. The summed E-state index contributed by atoms with van der Waals surface area (Å²) in [6.45, 7) is 3.45. The van der Waals surface area contributed by atoms with Gasteiger partial charge in [-0.1, -0.05) is 6.92 Å². The smallest absolute Gasteiger partial charge is 0.428 e. The summed E-state index contributed by atoms with van der Waals surface area (Å²) in [5.41, 5.74) is 0.